The first-order valence-electron chi connectivity index (χ1n) is 6.67. The van der Waals surface area contributed by atoms with Crippen LogP contribution in [-0.4, -0.2) is 22.2 Å². The lowest BCUT2D eigenvalue weighted by Crippen LogP contribution is -2.21. The molecule has 1 heterocycles. The summed E-state index contributed by atoms with van der Waals surface area (Å²) < 4.78 is 5.37. The minimum atomic E-state index is -1.24. The fraction of sp³-hybridized carbons (Fsp3) is 0.188. The molecule has 23 heavy (non-hydrogen) atoms. The normalized spacial score (nSPS) is 11.5. The van der Waals surface area contributed by atoms with Gasteiger partial charge in [0.1, 0.15) is 17.1 Å². The average molecular weight is 314 g/mol. The van der Waals surface area contributed by atoms with E-state index in [9.17, 15) is 14.7 Å². The molecule has 0 radical (unpaired) electrons. The number of nitrogens with one attached hydrogen (secondary N) is 1. The Balaban J connectivity index is 2.39. The van der Waals surface area contributed by atoms with E-state index in [4.69, 9.17) is 14.8 Å². The maximum absolute atomic E-state index is 11.5. The summed E-state index contributed by atoms with van der Waals surface area (Å²) in [7, 11) is 0. The molecule has 7 nitrogen and oxygen atoms in total. The number of hydrogen-bond donors (Lipinski definition) is 3. The summed E-state index contributed by atoms with van der Waals surface area (Å²) in [5.41, 5.74) is 1.15. The van der Waals surface area contributed by atoms with Gasteiger partial charge >= 0.3 is 11.9 Å². The maximum atomic E-state index is 11.5. The van der Waals surface area contributed by atoms with Gasteiger partial charge in [-0.1, -0.05) is 0 Å². The first-order chi connectivity index (χ1) is 10.8. The van der Waals surface area contributed by atoms with Crippen LogP contribution in [-0.2, 0) is 4.79 Å². The molecule has 0 bridgehead atoms. The summed E-state index contributed by atoms with van der Waals surface area (Å²) in [6, 6.07) is 6.95. The Labute approximate surface area is 131 Å². The second-order valence-electron chi connectivity index (χ2n) is 4.93. The first-order valence-corrected chi connectivity index (χ1v) is 6.67. The SMILES string of the molecule is Cc1oc(C(Nc2ccc(C#N)cc2)C(=O)O)c(C)c1C(=O)O. The van der Waals surface area contributed by atoms with E-state index >= 15 is 0 Å². The van der Waals surface area contributed by atoms with Crippen LogP contribution in [0.2, 0.25) is 0 Å². The molecule has 0 amide bonds. The fourth-order valence-corrected chi connectivity index (χ4v) is 2.31. The number of aromatic carboxylic acids is 1. The highest BCUT2D eigenvalue weighted by molar-refractivity contribution is 5.91. The van der Waals surface area contributed by atoms with Gasteiger partial charge in [0.15, 0.2) is 6.04 Å². The van der Waals surface area contributed by atoms with Crippen molar-refractivity contribution in [1.29, 1.82) is 5.26 Å². The van der Waals surface area contributed by atoms with Gasteiger partial charge in [-0.15, -0.1) is 0 Å². The molecule has 0 aliphatic carbocycles. The van der Waals surface area contributed by atoms with Gasteiger partial charge < -0.3 is 19.9 Å². The third kappa shape index (κ3) is 3.16. The van der Waals surface area contributed by atoms with Gasteiger partial charge in [-0.3, -0.25) is 0 Å². The lowest BCUT2D eigenvalue weighted by molar-refractivity contribution is -0.138. The number of carboxylic acids is 2. The molecule has 0 aliphatic rings. The summed E-state index contributed by atoms with van der Waals surface area (Å²) in [6.07, 6.45) is 0. The Morgan fingerprint density at radius 3 is 2.26 bits per heavy atom. The molecule has 118 valence electrons. The van der Waals surface area contributed by atoms with Gasteiger partial charge in [0, 0.05) is 11.3 Å². The van der Waals surface area contributed by atoms with Crippen molar-refractivity contribution in [3.63, 3.8) is 0 Å². The van der Waals surface area contributed by atoms with Gasteiger partial charge in [0.2, 0.25) is 0 Å². The number of aryl methyl sites for hydroxylation is 1. The molecule has 0 aliphatic heterocycles. The molecule has 0 fully saturated rings. The predicted molar refractivity (Wildman–Crippen MR) is 80.3 cm³/mol. The van der Waals surface area contributed by atoms with Gasteiger partial charge in [0.05, 0.1) is 11.6 Å². The molecule has 2 rings (SSSR count). The van der Waals surface area contributed by atoms with Gasteiger partial charge in [-0.25, -0.2) is 9.59 Å². The second-order valence-corrected chi connectivity index (χ2v) is 4.93. The van der Waals surface area contributed by atoms with Crippen LogP contribution in [0, 0.1) is 25.2 Å². The number of hydrogen-bond acceptors (Lipinski definition) is 5. The lowest BCUT2D eigenvalue weighted by Gasteiger charge is -2.14. The molecule has 0 saturated carbocycles. The topological polar surface area (TPSA) is 124 Å². The van der Waals surface area contributed by atoms with E-state index in [1.165, 1.54) is 13.8 Å². The monoisotopic (exact) mass is 314 g/mol. The summed E-state index contributed by atoms with van der Waals surface area (Å²) in [5.74, 6) is -2.18. The zero-order valence-electron chi connectivity index (χ0n) is 12.5. The number of aliphatic carboxylic acids is 1. The van der Waals surface area contributed by atoms with Gasteiger partial charge in [-0.2, -0.15) is 5.26 Å². The van der Waals surface area contributed by atoms with Crippen LogP contribution >= 0.6 is 0 Å². The highest BCUT2D eigenvalue weighted by atomic mass is 16.4. The first kappa shape index (κ1) is 16.1. The van der Waals surface area contributed by atoms with Crippen LogP contribution < -0.4 is 5.32 Å². The Kier molecular flexibility index (Phi) is 4.37. The number of rotatable bonds is 5. The fourth-order valence-electron chi connectivity index (χ4n) is 2.31. The Morgan fingerprint density at radius 2 is 1.83 bits per heavy atom. The highest BCUT2D eigenvalue weighted by Gasteiger charge is 2.30. The molecule has 1 aromatic carbocycles. The van der Waals surface area contributed by atoms with E-state index in [2.05, 4.69) is 5.32 Å². The predicted octanol–water partition coefficient (Wildman–Crippen LogP) is 2.70. The zero-order chi connectivity index (χ0) is 17.1. The Hall–Kier alpha value is -3.27. The number of anilines is 1. The van der Waals surface area contributed by atoms with E-state index in [0.717, 1.165) is 0 Å². The van der Waals surface area contributed by atoms with E-state index in [-0.39, 0.29) is 22.6 Å². The summed E-state index contributed by atoms with van der Waals surface area (Å²) in [5, 5.41) is 30.1. The Bertz CT molecular complexity index is 799. The van der Waals surface area contributed by atoms with Crippen molar-refractivity contribution in [3.05, 3.63) is 52.5 Å². The molecular formula is C16H14N2O5. The third-order valence-corrected chi connectivity index (χ3v) is 3.41. The number of carbonyl (C=O) groups is 2. The van der Waals surface area contributed by atoms with Crippen LogP contribution in [0.1, 0.15) is 39.0 Å². The molecule has 7 heteroatoms. The van der Waals surface area contributed by atoms with Crippen LogP contribution in [0.4, 0.5) is 5.69 Å². The number of carboxylic acid groups (broad SMARTS) is 2. The van der Waals surface area contributed by atoms with Gasteiger partial charge in [-0.05, 0) is 38.1 Å². The molecular weight excluding hydrogens is 300 g/mol. The van der Waals surface area contributed by atoms with Crippen LogP contribution in [0.5, 0.6) is 0 Å². The van der Waals surface area contributed by atoms with Crippen molar-refractivity contribution in [1.82, 2.24) is 0 Å². The standard InChI is InChI=1S/C16H14N2O5/c1-8-12(15(19)20)9(2)23-14(8)13(16(21)22)18-11-5-3-10(7-17)4-6-11/h3-6,13,18H,1-2H3,(H,19,20)(H,21,22). The lowest BCUT2D eigenvalue weighted by atomic mass is 10.1. The van der Waals surface area contributed by atoms with E-state index < -0.39 is 18.0 Å². The Morgan fingerprint density at radius 1 is 1.22 bits per heavy atom. The van der Waals surface area contributed by atoms with E-state index in [1.807, 2.05) is 6.07 Å². The van der Waals surface area contributed by atoms with Crippen molar-refractivity contribution in [2.45, 2.75) is 19.9 Å². The number of benzene rings is 1. The molecule has 3 N–H and O–H groups in total. The third-order valence-electron chi connectivity index (χ3n) is 3.41. The van der Waals surface area contributed by atoms with Crippen molar-refractivity contribution in [2.24, 2.45) is 0 Å². The largest absolute Gasteiger partial charge is 0.479 e. The van der Waals surface area contributed by atoms with Crippen LogP contribution in [0.25, 0.3) is 0 Å². The molecule has 1 unspecified atom stereocenters. The number of nitrogens with zero attached hydrogens (tertiary/aromatic N) is 1. The van der Waals surface area contributed by atoms with Crippen molar-refractivity contribution in [2.75, 3.05) is 5.32 Å². The minimum absolute atomic E-state index is 0.0344. The molecule has 0 saturated heterocycles. The summed E-state index contributed by atoms with van der Waals surface area (Å²) in [6.45, 7) is 2.98. The summed E-state index contributed by atoms with van der Waals surface area (Å²) in [4.78, 5) is 22.8. The van der Waals surface area contributed by atoms with E-state index in [1.54, 1.807) is 24.3 Å². The quantitative estimate of drug-likeness (QED) is 0.775. The second kappa shape index (κ2) is 6.23. The summed E-state index contributed by atoms with van der Waals surface area (Å²) >= 11 is 0. The maximum Gasteiger partial charge on any atom is 0.339 e. The van der Waals surface area contributed by atoms with Crippen molar-refractivity contribution < 1.29 is 24.2 Å². The minimum Gasteiger partial charge on any atom is -0.479 e. The highest BCUT2D eigenvalue weighted by Crippen LogP contribution is 2.29. The van der Waals surface area contributed by atoms with E-state index in [0.29, 0.717) is 11.3 Å². The van der Waals surface area contributed by atoms with Crippen LogP contribution in [0.3, 0.4) is 0 Å². The molecule has 1 aromatic heterocycles. The van der Waals surface area contributed by atoms with Crippen molar-refractivity contribution >= 4 is 17.6 Å². The van der Waals surface area contributed by atoms with Crippen LogP contribution in [0.15, 0.2) is 28.7 Å². The number of furan rings is 1. The van der Waals surface area contributed by atoms with Crippen molar-refractivity contribution in [3.8, 4) is 6.07 Å². The smallest absolute Gasteiger partial charge is 0.339 e. The molecule has 2 aromatic rings. The average Bonchev–Trinajstić information content (AvgIpc) is 2.79. The number of nitriles is 1. The zero-order valence-corrected chi connectivity index (χ0v) is 12.5. The van der Waals surface area contributed by atoms with Gasteiger partial charge in [0.25, 0.3) is 0 Å². The molecule has 0 spiro atoms. The molecule has 1 atom stereocenters.